The quantitative estimate of drug-likeness (QED) is 0.791. The van der Waals surface area contributed by atoms with Gasteiger partial charge in [0.15, 0.2) is 0 Å². The molecule has 0 amide bonds. The Labute approximate surface area is 90.7 Å². The highest BCUT2D eigenvalue weighted by Gasteiger charge is 2.18. The summed E-state index contributed by atoms with van der Waals surface area (Å²) in [5.74, 6) is 0.420. The predicted molar refractivity (Wildman–Crippen MR) is 55.5 cm³/mol. The van der Waals surface area contributed by atoms with Gasteiger partial charge in [0.1, 0.15) is 6.10 Å². The van der Waals surface area contributed by atoms with Crippen LogP contribution in [0.3, 0.4) is 0 Å². The molecule has 0 spiro atoms. The number of ether oxygens (including phenoxy) is 1. The topological polar surface area (TPSA) is 62.6 Å². The van der Waals surface area contributed by atoms with Gasteiger partial charge in [-0.1, -0.05) is 22.0 Å². The Balaban J connectivity index is 2.83. The van der Waals surface area contributed by atoms with E-state index in [2.05, 4.69) is 20.9 Å². The van der Waals surface area contributed by atoms with E-state index in [1.54, 1.807) is 18.2 Å². The van der Waals surface area contributed by atoms with Crippen molar-refractivity contribution in [3.8, 4) is 5.88 Å². The third kappa shape index (κ3) is 2.67. The fourth-order valence-corrected chi connectivity index (χ4v) is 1.34. The summed E-state index contributed by atoms with van der Waals surface area (Å²) in [6, 6.07) is 5.03. The number of hydrogen-bond acceptors (Lipinski definition) is 4. The third-order valence-corrected chi connectivity index (χ3v) is 2.44. The smallest absolute Gasteiger partial charge is 0.213 e. The average Bonchev–Trinajstić information content (AvgIpc) is 2.27. The van der Waals surface area contributed by atoms with Crippen LogP contribution < -0.4 is 4.74 Å². The minimum atomic E-state index is -0.996. The summed E-state index contributed by atoms with van der Waals surface area (Å²) in [6.45, 7) is 0. The molecule has 0 bridgehead atoms. The molecule has 0 aliphatic rings. The third-order valence-electron chi connectivity index (χ3n) is 1.78. The monoisotopic (exact) mass is 261 g/mol. The predicted octanol–water partition coefficient (Wildman–Crippen LogP) is 0.879. The summed E-state index contributed by atoms with van der Waals surface area (Å²) in [5.41, 5.74) is 0.399. The van der Waals surface area contributed by atoms with Gasteiger partial charge >= 0.3 is 0 Å². The SMILES string of the molecule is COc1cccc(C(O)C(O)CBr)n1. The van der Waals surface area contributed by atoms with Crippen molar-refractivity contribution in [2.24, 2.45) is 0 Å². The van der Waals surface area contributed by atoms with Crippen molar-refractivity contribution in [3.05, 3.63) is 23.9 Å². The van der Waals surface area contributed by atoms with Gasteiger partial charge in [0.25, 0.3) is 0 Å². The summed E-state index contributed by atoms with van der Waals surface area (Å²) in [5, 5.41) is 19.3. The van der Waals surface area contributed by atoms with Crippen molar-refractivity contribution in [1.82, 2.24) is 4.98 Å². The number of rotatable bonds is 4. The van der Waals surface area contributed by atoms with Crippen LogP contribution in [-0.4, -0.2) is 33.7 Å². The number of aromatic nitrogens is 1. The van der Waals surface area contributed by atoms with E-state index < -0.39 is 12.2 Å². The molecule has 2 atom stereocenters. The molecule has 0 saturated carbocycles. The molecule has 0 aromatic carbocycles. The van der Waals surface area contributed by atoms with Gasteiger partial charge in [0.05, 0.1) is 18.9 Å². The first kappa shape index (κ1) is 11.4. The molecule has 1 aromatic heterocycles. The number of pyridine rings is 1. The first-order chi connectivity index (χ1) is 6.69. The number of halogens is 1. The molecule has 5 heteroatoms. The van der Waals surface area contributed by atoms with Crippen molar-refractivity contribution in [2.75, 3.05) is 12.4 Å². The highest BCUT2D eigenvalue weighted by Crippen LogP contribution is 2.18. The summed E-state index contributed by atoms with van der Waals surface area (Å²) in [4.78, 5) is 4.01. The minimum Gasteiger partial charge on any atom is -0.481 e. The molecule has 1 rings (SSSR count). The van der Waals surface area contributed by atoms with Crippen LogP contribution in [0.4, 0.5) is 0 Å². The molecule has 4 nitrogen and oxygen atoms in total. The molecule has 0 aliphatic carbocycles. The van der Waals surface area contributed by atoms with E-state index in [9.17, 15) is 10.2 Å². The first-order valence-electron chi connectivity index (χ1n) is 4.12. The molecule has 0 fully saturated rings. The fourth-order valence-electron chi connectivity index (χ4n) is 0.991. The van der Waals surface area contributed by atoms with Gasteiger partial charge in [-0.25, -0.2) is 4.98 Å². The van der Waals surface area contributed by atoms with Crippen molar-refractivity contribution in [1.29, 1.82) is 0 Å². The standard InChI is InChI=1S/C9H12BrNO3/c1-14-8-4-2-3-6(11-8)9(13)7(12)5-10/h2-4,7,9,12-13H,5H2,1H3. The lowest BCUT2D eigenvalue weighted by atomic mass is 10.1. The van der Waals surface area contributed by atoms with Crippen LogP contribution in [0.2, 0.25) is 0 Å². The highest BCUT2D eigenvalue weighted by atomic mass is 79.9. The van der Waals surface area contributed by atoms with Gasteiger partial charge in [-0.3, -0.25) is 0 Å². The highest BCUT2D eigenvalue weighted by molar-refractivity contribution is 9.09. The van der Waals surface area contributed by atoms with Crippen molar-refractivity contribution in [2.45, 2.75) is 12.2 Å². The molecular formula is C9H12BrNO3. The van der Waals surface area contributed by atoms with Crippen molar-refractivity contribution in [3.63, 3.8) is 0 Å². The zero-order valence-electron chi connectivity index (χ0n) is 7.72. The zero-order valence-corrected chi connectivity index (χ0v) is 9.31. The summed E-state index contributed by atoms with van der Waals surface area (Å²) >= 11 is 3.08. The minimum absolute atomic E-state index is 0.299. The fraction of sp³-hybridized carbons (Fsp3) is 0.444. The number of alkyl halides is 1. The molecule has 0 aliphatic heterocycles. The normalized spacial score (nSPS) is 14.9. The second-order valence-electron chi connectivity index (χ2n) is 2.77. The Hall–Kier alpha value is -0.650. The largest absolute Gasteiger partial charge is 0.481 e. The van der Waals surface area contributed by atoms with E-state index in [0.717, 1.165) is 0 Å². The van der Waals surface area contributed by atoms with Crippen LogP contribution >= 0.6 is 15.9 Å². The Bertz CT molecular complexity index is 295. The number of methoxy groups -OCH3 is 1. The Morgan fingerprint density at radius 1 is 1.50 bits per heavy atom. The van der Waals surface area contributed by atoms with E-state index in [1.165, 1.54) is 7.11 Å². The van der Waals surface area contributed by atoms with Gasteiger partial charge in [-0.15, -0.1) is 0 Å². The summed E-state index contributed by atoms with van der Waals surface area (Å²) in [7, 11) is 1.50. The van der Waals surface area contributed by atoms with Gasteiger partial charge in [-0.2, -0.15) is 0 Å². The van der Waals surface area contributed by atoms with Crippen molar-refractivity contribution < 1.29 is 14.9 Å². The van der Waals surface area contributed by atoms with Gasteiger partial charge in [-0.05, 0) is 6.07 Å². The van der Waals surface area contributed by atoms with Crippen LogP contribution in [0.15, 0.2) is 18.2 Å². The van der Waals surface area contributed by atoms with Crippen molar-refractivity contribution >= 4 is 15.9 Å². The lowest BCUT2D eigenvalue weighted by Crippen LogP contribution is -2.20. The summed E-state index contributed by atoms with van der Waals surface area (Å²) in [6.07, 6.45) is -1.86. The number of aliphatic hydroxyl groups excluding tert-OH is 2. The zero-order chi connectivity index (χ0) is 10.6. The van der Waals surface area contributed by atoms with Gasteiger partial charge in [0.2, 0.25) is 5.88 Å². The lowest BCUT2D eigenvalue weighted by molar-refractivity contribution is 0.0312. The lowest BCUT2D eigenvalue weighted by Gasteiger charge is -2.15. The van der Waals surface area contributed by atoms with Crippen LogP contribution in [-0.2, 0) is 0 Å². The van der Waals surface area contributed by atoms with Gasteiger partial charge < -0.3 is 14.9 Å². The number of aliphatic hydroxyl groups is 2. The molecule has 2 unspecified atom stereocenters. The molecule has 1 heterocycles. The number of nitrogens with zero attached hydrogens (tertiary/aromatic N) is 1. The van der Waals surface area contributed by atoms with E-state index >= 15 is 0 Å². The average molecular weight is 262 g/mol. The second-order valence-corrected chi connectivity index (χ2v) is 3.42. The van der Waals surface area contributed by atoms with Crippen LogP contribution in [0, 0.1) is 0 Å². The van der Waals surface area contributed by atoms with E-state index in [0.29, 0.717) is 16.9 Å². The van der Waals surface area contributed by atoms with Crippen LogP contribution in [0.5, 0.6) is 5.88 Å². The number of hydrogen-bond donors (Lipinski definition) is 2. The maximum Gasteiger partial charge on any atom is 0.213 e. The molecule has 1 aromatic rings. The molecule has 0 radical (unpaired) electrons. The molecule has 14 heavy (non-hydrogen) atoms. The van der Waals surface area contributed by atoms with Crippen LogP contribution in [0.25, 0.3) is 0 Å². The van der Waals surface area contributed by atoms with Gasteiger partial charge in [0, 0.05) is 11.4 Å². The Morgan fingerprint density at radius 3 is 2.79 bits per heavy atom. The van der Waals surface area contributed by atoms with E-state index in [-0.39, 0.29) is 0 Å². The molecule has 78 valence electrons. The maximum atomic E-state index is 9.61. The van der Waals surface area contributed by atoms with E-state index in [4.69, 9.17) is 4.74 Å². The Kier molecular flexibility index (Phi) is 4.31. The molecule has 0 saturated heterocycles. The molecule has 2 N–H and O–H groups in total. The first-order valence-corrected chi connectivity index (χ1v) is 5.24. The second kappa shape index (κ2) is 5.29. The maximum absolute atomic E-state index is 9.61. The van der Waals surface area contributed by atoms with Crippen LogP contribution in [0.1, 0.15) is 11.8 Å². The van der Waals surface area contributed by atoms with E-state index in [1.807, 2.05) is 0 Å². The molecular weight excluding hydrogens is 250 g/mol. The summed E-state index contributed by atoms with van der Waals surface area (Å²) < 4.78 is 4.90. The Morgan fingerprint density at radius 2 is 2.21 bits per heavy atom.